The maximum atomic E-state index is 8.66. The Kier molecular flexibility index (Phi) is 31.6. The summed E-state index contributed by atoms with van der Waals surface area (Å²) in [6, 6.07) is 83.0. The van der Waals surface area contributed by atoms with Crippen LogP contribution in [0, 0.1) is 53.6 Å². The number of nitrogens with zero attached hydrogens (tertiary/aromatic N) is 9. The Morgan fingerprint density at radius 1 is 0.336 bits per heavy atom. The molecule has 0 aliphatic carbocycles. The van der Waals surface area contributed by atoms with Gasteiger partial charge in [0.15, 0.2) is 0 Å². The summed E-state index contributed by atoms with van der Waals surface area (Å²) in [5.41, 5.74) is 18.7. The van der Waals surface area contributed by atoms with Crippen LogP contribution in [-0.4, -0.2) is 69.1 Å². The van der Waals surface area contributed by atoms with Gasteiger partial charge in [-0.2, -0.15) is 0 Å². The zero-order valence-electron chi connectivity index (χ0n) is 87.2. The summed E-state index contributed by atoms with van der Waals surface area (Å²) in [7, 11) is -4.51. The minimum Gasteiger partial charge on any atom is -0.486 e. The summed E-state index contributed by atoms with van der Waals surface area (Å²) in [5.74, 6) is -2.45. The number of fused-ring (bicyclic) bond motifs is 9. The third-order valence-electron chi connectivity index (χ3n) is 21.7. The molecule has 18 rings (SSSR count). The number of pyridine rings is 9. The van der Waals surface area contributed by atoms with Crippen molar-refractivity contribution < 1.29 is 84.5 Å². The van der Waals surface area contributed by atoms with Gasteiger partial charge in [0.1, 0.15) is 0 Å². The zero-order valence-corrected chi connectivity index (χ0v) is 89.3. The first-order valence-electron chi connectivity index (χ1n) is 47.7. The molecule has 0 fully saturated rings. The van der Waals surface area contributed by atoms with E-state index in [1.54, 1.807) is 61.4 Å². The van der Waals surface area contributed by atoms with Crippen LogP contribution in [0.15, 0.2) is 269 Å². The van der Waals surface area contributed by atoms with Crippen molar-refractivity contribution in [3.05, 3.63) is 326 Å². The fraction of sp³-hybridized carbons (Fsp3) is 0.283. The number of hydrogen-bond donors (Lipinski definition) is 0. The molecular weight excluding hydrogens is 2190 g/mol. The second-order valence-corrected chi connectivity index (χ2v) is 52.5. The van der Waals surface area contributed by atoms with Crippen LogP contribution in [0.5, 0.6) is 0 Å². The van der Waals surface area contributed by atoms with Crippen LogP contribution in [0.2, 0.25) is 58.9 Å². The van der Waals surface area contributed by atoms with Crippen LogP contribution in [-0.2, 0) is 73.1 Å². The Morgan fingerprint density at radius 2 is 0.664 bits per heavy atom. The summed E-state index contributed by atoms with van der Waals surface area (Å²) in [6.07, 6.45) is 13.2. The van der Waals surface area contributed by atoms with E-state index < -0.39 is 66.0 Å². The van der Waals surface area contributed by atoms with Crippen molar-refractivity contribution in [2.45, 2.75) is 192 Å². The number of rotatable bonds is 17. The van der Waals surface area contributed by atoms with Crippen molar-refractivity contribution in [2.24, 2.45) is 17.3 Å². The summed E-state index contributed by atoms with van der Waals surface area (Å²) < 4.78 is 85.5. The molecule has 6 aromatic carbocycles. The van der Waals surface area contributed by atoms with Gasteiger partial charge in [-0.25, -0.2) is 15.0 Å². The average molecular weight is 2320 g/mol. The molecule has 0 spiro atoms. The Labute approximate surface area is 831 Å². The summed E-state index contributed by atoms with van der Waals surface area (Å²) in [6.45, 7) is 47.9. The molecule has 0 bridgehead atoms. The molecule has 0 N–H and O–H groups in total. The van der Waals surface area contributed by atoms with Crippen molar-refractivity contribution in [3.8, 4) is 67.5 Å². The largest absolute Gasteiger partial charge is 0.486 e. The second-order valence-electron chi connectivity index (χ2n) is 37.4. The van der Waals surface area contributed by atoms with E-state index in [4.69, 9.17) is 24.2 Å². The van der Waals surface area contributed by atoms with Crippen molar-refractivity contribution in [1.82, 2.24) is 44.9 Å². The molecule has 18 heteroatoms. The first-order chi connectivity index (χ1) is 63.8. The van der Waals surface area contributed by atoms with E-state index in [0.717, 1.165) is 111 Å². The van der Waals surface area contributed by atoms with E-state index in [1.807, 2.05) is 259 Å². The van der Waals surface area contributed by atoms with Crippen molar-refractivity contribution in [2.75, 3.05) is 0 Å². The molecule has 18 aromatic rings. The van der Waals surface area contributed by atoms with Gasteiger partial charge < -0.3 is 43.2 Å². The smallest absolute Gasteiger partial charge is 0.216 e. The molecule has 681 valence electrons. The quantitative estimate of drug-likeness (QED) is 0.0629. The van der Waals surface area contributed by atoms with E-state index in [1.165, 1.54) is 15.6 Å². The van der Waals surface area contributed by atoms with E-state index in [9.17, 15) is 0 Å². The van der Waals surface area contributed by atoms with Crippen molar-refractivity contribution in [1.29, 1.82) is 0 Å². The molecular formula is C113H121Ir3N9O3Si3-6. The van der Waals surface area contributed by atoms with Crippen LogP contribution in [0.25, 0.3) is 134 Å². The maximum Gasteiger partial charge on any atom is 0.216 e. The van der Waals surface area contributed by atoms with Gasteiger partial charge in [-0.05, 0) is 158 Å². The molecule has 12 heterocycles. The van der Waals surface area contributed by atoms with Gasteiger partial charge >= 0.3 is 0 Å². The number of benzene rings is 6. The predicted molar refractivity (Wildman–Crippen MR) is 542 cm³/mol. The van der Waals surface area contributed by atoms with Gasteiger partial charge in [-0.1, -0.05) is 258 Å². The Hall–Kier alpha value is -10.3. The maximum absolute atomic E-state index is 8.66. The number of hydrogen-bond acceptors (Lipinski definition) is 12. The average Bonchev–Trinajstić information content (AvgIpc) is 1.68. The van der Waals surface area contributed by atoms with Crippen LogP contribution >= 0.6 is 0 Å². The van der Waals surface area contributed by atoms with Crippen LogP contribution in [0.3, 0.4) is 0 Å². The van der Waals surface area contributed by atoms with Crippen LogP contribution in [0.4, 0.5) is 0 Å². The monoisotopic (exact) mass is 2320 g/mol. The SMILES string of the molecule is [2H]C(C)(C)c1cc(-c2[c-]cccc2)ncc1[Si](C)(C)C.[2H]C(C)(C)c1cc(-c2[c-]cccc2)ncc1[Si](C)(C)C.[2H]C(C)(C)c1cc(-c2[c-]cccc2)ncc1[Si](C)(C)C.[2H]C(C)(c1ccnc(-c2[c-]ccc3c2oc2ncccc23)c1)C(C)C.[2H]C([2H])(c1ccnc(-c2[c-]ccc3c2oc2ncccc23)c1)C(C)(C)C.[2H]C([2H])(c1ccnc(-c2[c-]ccc3c2oc2ncccc23)c1)C(C)C.[Ir].[Ir].[Ir]. The Balaban J connectivity index is 0.000000172. The molecule has 0 saturated carbocycles. The zero-order chi connectivity index (χ0) is 98.6. The molecule has 1 unspecified atom stereocenters. The third kappa shape index (κ3) is 26.0. The van der Waals surface area contributed by atoms with E-state index in [0.29, 0.717) is 56.4 Å². The van der Waals surface area contributed by atoms with Crippen molar-refractivity contribution in [3.63, 3.8) is 0 Å². The van der Waals surface area contributed by atoms with E-state index in [-0.39, 0.29) is 72.2 Å². The van der Waals surface area contributed by atoms with Crippen LogP contribution in [0.1, 0.15) is 165 Å². The minimum atomic E-state index is -1.50. The van der Waals surface area contributed by atoms with Gasteiger partial charge in [-0.15, -0.1) is 162 Å². The normalized spacial score (nSPS) is 13.4. The summed E-state index contributed by atoms with van der Waals surface area (Å²) in [4.78, 5) is 40.1. The number of aromatic nitrogens is 9. The molecule has 0 amide bonds. The molecule has 1 atom stereocenters. The molecule has 0 saturated heterocycles. The first kappa shape index (κ1) is 91.2. The molecule has 0 aliphatic rings. The van der Waals surface area contributed by atoms with E-state index >= 15 is 0 Å². The summed E-state index contributed by atoms with van der Waals surface area (Å²) >= 11 is 0. The topological polar surface area (TPSA) is 155 Å². The fourth-order valence-corrected chi connectivity index (χ4v) is 19.8. The minimum absolute atomic E-state index is 0. The molecule has 3 radical (unpaired) electrons. The van der Waals surface area contributed by atoms with E-state index in [2.05, 4.69) is 172 Å². The number of furan rings is 3. The predicted octanol–water partition coefficient (Wildman–Crippen LogP) is 28.7. The van der Waals surface area contributed by atoms with Gasteiger partial charge in [0.2, 0.25) is 17.1 Å². The Morgan fingerprint density at radius 3 is 0.969 bits per heavy atom. The van der Waals surface area contributed by atoms with Crippen molar-refractivity contribution >= 4 is 106 Å². The van der Waals surface area contributed by atoms with Gasteiger partial charge in [0, 0.05) is 143 Å². The Bertz CT molecular complexity index is 6810. The molecule has 12 nitrogen and oxygen atoms in total. The van der Waals surface area contributed by atoms with Crippen LogP contribution < -0.4 is 15.6 Å². The standard InChI is InChI=1S/2C21H19N2O.C20H17N2O.3C17H22NSi.3Ir/c1-21(2,3)13-14-9-11-22-18(12-14)17-7-4-6-15-16-8-5-10-23-20(16)24-19(15)17;1-13(2)14(3)15-9-11-22-19(12-15)18-7-4-6-16-17-8-5-10-23-21(17)24-20(16)18;1-13(2)11-14-8-10-21-18(12-14)17-6-3-5-15-16-7-4-9-22-20(16)23-19(15)17;3*1-13(2)15-11-16(14-9-7-6-8-10-14)18-12-17(15)19(3,4)5;;;/h4-6,8-12H,13H2,1-3H3;4-6,8-14H,1-3H3;3-5,7-10,12-13H,11H2,1-2H3;3*6-9,11-13H,1-5H3;;;/q6*-1;;;/i13D2;14D;11D2;3*13D;;;. The second kappa shape index (κ2) is 45.4. The third-order valence-corrected chi connectivity index (χ3v) is 27.7. The molecule has 131 heavy (non-hydrogen) atoms. The van der Waals surface area contributed by atoms with Gasteiger partial charge in [0.25, 0.3) is 0 Å². The van der Waals surface area contributed by atoms with Gasteiger partial charge in [-0.3, -0.25) is 0 Å². The molecule has 0 aliphatic heterocycles. The first-order valence-corrected chi connectivity index (χ1v) is 54.2. The van der Waals surface area contributed by atoms with Gasteiger partial charge in [0.05, 0.1) is 41.0 Å². The fourth-order valence-electron chi connectivity index (χ4n) is 15.0. The molecule has 12 aromatic heterocycles. The summed E-state index contributed by atoms with van der Waals surface area (Å²) in [5, 5.41) is 9.61.